The zero-order valence-electron chi connectivity index (χ0n) is 10.7. The van der Waals surface area contributed by atoms with Crippen molar-refractivity contribution in [3.63, 3.8) is 0 Å². The van der Waals surface area contributed by atoms with E-state index >= 15 is 0 Å². The third-order valence-corrected chi connectivity index (χ3v) is 2.68. The standard InChI is InChI=1S/C11H22N2O3.ClH/c1-11(2,3)16-10(15)13-5-4-9(12)8(6-13)7-14;/h8-9,14H,4-7,12H2,1-3H3;1H/t8-,9-;/m0./s1. The number of aliphatic hydroxyl groups excluding tert-OH is 1. The SMILES string of the molecule is CC(C)(C)OC(=O)N1CC[C@H](N)[C@H](CO)C1.Cl. The van der Waals surface area contributed by atoms with Crippen LogP contribution in [-0.2, 0) is 4.74 Å². The van der Waals surface area contributed by atoms with E-state index in [1.807, 2.05) is 20.8 Å². The van der Waals surface area contributed by atoms with Gasteiger partial charge < -0.3 is 20.5 Å². The predicted molar refractivity (Wildman–Crippen MR) is 68.2 cm³/mol. The van der Waals surface area contributed by atoms with E-state index in [4.69, 9.17) is 15.6 Å². The Hall–Kier alpha value is -0.520. The van der Waals surface area contributed by atoms with Gasteiger partial charge in [0.2, 0.25) is 0 Å². The minimum atomic E-state index is -0.481. The molecule has 0 aromatic rings. The van der Waals surface area contributed by atoms with Crippen molar-refractivity contribution < 1.29 is 14.6 Å². The number of piperidine rings is 1. The molecule has 0 bridgehead atoms. The minimum absolute atomic E-state index is 0. The highest BCUT2D eigenvalue weighted by atomic mass is 35.5. The molecule has 6 heteroatoms. The van der Waals surface area contributed by atoms with Gasteiger partial charge in [0.05, 0.1) is 0 Å². The molecule has 1 heterocycles. The highest BCUT2D eigenvalue weighted by molar-refractivity contribution is 5.85. The summed E-state index contributed by atoms with van der Waals surface area (Å²) in [6.07, 6.45) is 0.391. The van der Waals surface area contributed by atoms with Crippen LogP contribution in [0.4, 0.5) is 4.79 Å². The lowest BCUT2D eigenvalue weighted by Gasteiger charge is -2.36. The number of hydrogen-bond acceptors (Lipinski definition) is 4. The molecule has 5 nitrogen and oxygen atoms in total. The van der Waals surface area contributed by atoms with Gasteiger partial charge in [0.1, 0.15) is 5.60 Å². The number of amides is 1. The first-order chi connectivity index (χ1) is 7.33. The number of ether oxygens (including phenoxy) is 1. The van der Waals surface area contributed by atoms with Crippen molar-refractivity contribution in [1.29, 1.82) is 0 Å². The van der Waals surface area contributed by atoms with Crippen molar-refractivity contribution in [2.45, 2.75) is 38.8 Å². The second kappa shape index (κ2) is 6.42. The lowest BCUT2D eigenvalue weighted by atomic mass is 9.94. The van der Waals surface area contributed by atoms with Crippen molar-refractivity contribution in [1.82, 2.24) is 4.90 Å². The van der Waals surface area contributed by atoms with Crippen molar-refractivity contribution in [3.05, 3.63) is 0 Å². The molecule has 3 N–H and O–H groups in total. The van der Waals surface area contributed by atoms with Crippen molar-refractivity contribution >= 4 is 18.5 Å². The molecule has 1 fully saturated rings. The van der Waals surface area contributed by atoms with Crippen LogP contribution in [0.1, 0.15) is 27.2 Å². The molecular weight excluding hydrogens is 244 g/mol. The van der Waals surface area contributed by atoms with Gasteiger partial charge in [-0.05, 0) is 27.2 Å². The summed E-state index contributed by atoms with van der Waals surface area (Å²) in [5.41, 5.74) is 5.36. The van der Waals surface area contributed by atoms with Crippen LogP contribution in [0.5, 0.6) is 0 Å². The molecule has 102 valence electrons. The van der Waals surface area contributed by atoms with Crippen molar-refractivity contribution in [2.24, 2.45) is 11.7 Å². The van der Waals surface area contributed by atoms with Gasteiger partial charge in [-0.15, -0.1) is 12.4 Å². The Bertz CT molecular complexity index is 256. The van der Waals surface area contributed by atoms with E-state index in [0.717, 1.165) is 0 Å². The summed E-state index contributed by atoms with van der Waals surface area (Å²) < 4.78 is 5.27. The second-order valence-corrected chi connectivity index (χ2v) is 5.32. The van der Waals surface area contributed by atoms with Crippen LogP contribution < -0.4 is 5.73 Å². The summed E-state index contributed by atoms with van der Waals surface area (Å²) >= 11 is 0. The fourth-order valence-corrected chi connectivity index (χ4v) is 1.74. The largest absolute Gasteiger partial charge is 0.444 e. The maximum atomic E-state index is 11.8. The molecule has 0 aromatic heterocycles. The first-order valence-corrected chi connectivity index (χ1v) is 5.68. The molecule has 0 spiro atoms. The lowest BCUT2D eigenvalue weighted by Crippen LogP contribution is -2.51. The van der Waals surface area contributed by atoms with Crippen molar-refractivity contribution in [3.8, 4) is 0 Å². The summed E-state index contributed by atoms with van der Waals surface area (Å²) in [5, 5.41) is 9.13. The van der Waals surface area contributed by atoms with E-state index in [1.165, 1.54) is 0 Å². The van der Waals surface area contributed by atoms with Gasteiger partial charge in [-0.1, -0.05) is 0 Å². The Morgan fingerprint density at radius 3 is 2.59 bits per heavy atom. The molecule has 0 radical (unpaired) electrons. The first-order valence-electron chi connectivity index (χ1n) is 5.68. The number of hydrogen-bond donors (Lipinski definition) is 2. The zero-order chi connectivity index (χ0) is 12.3. The number of carbonyl (C=O) groups is 1. The number of likely N-dealkylation sites (tertiary alicyclic amines) is 1. The van der Waals surface area contributed by atoms with Gasteiger partial charge in [-0.25, -0.2) is 4.79 Å². The van der Waals surface area contributed by atoms with Gasteiger partial charge in [0.25, 0.3) is 0 Å². The quantitative estimate of drug-likeness (QED) is 0.742. The van der Waals surface area contributed by atoms with Gasteiger partial charge in [0, 0.05) is 31.7 Å². The summed E-state index contributed by atoms with van der Waals surface area (Å²) in [6.45, 7) is 6.61. The third kappa shape index (κ3) is 5.10. The second-order valence-electron chi connectivity index (χ2n) is 5.32. The van der Waals surface area contributed by atoms with Crippen LogP contribution >= 0.6 is 12.4 Å². The molecule has 2 atom stereocenters. The molecular formula is C11H23ClN2O3. The molecule has 0 aliphatic carbocycles. The van der Waals surface area contributed by atoms with Gasteiger partial charge in [-0.3, -0.25) is 0 Å². The Morgan fingerprint density at radius 2 is 2.12 bits per heavy atom. The van der Waals surface area contributed by atoms with Crippen LogP contribution in [0.3, 0.4) is 0 Å². The normalized spacial score (nSPS) is 25.1. The molecule has 0 aromatic carbocycles. The molecule has 0 unspecified atom stereocenters. The number of aliphatic hydroxyl groups is 1. The lowest BCUT2D eigenvalue weighted by molar-refractivity contribution is 0.0107. The monoisotopic (exact) mass is 266 g/mol. The summed E-state index contributed by atoms with van der Waals surface area (Å²) in [6, 6.07) is -0.0244. The van der Waals surface area contributed by atoms with Crippen LogP contribution in [0.25, 0.3) is 0 Å². The number of halogens is 1. The molecule has 1 rings (SSSR count). The Labute approximate surface area is 109 Å². The zero-order valence-corrected chi connectivity index (χ0v) is 11.5. The summed E-state index contributed by atoms with van der Waals surface area (Å²) in [7, 11) is 0. The number of nitrogens with zero attached hydrogens (tertiary/aromatic N) is 1. The topological polar surface area (TPSA) is 75.8 Å². The Morgan fingerprint density at radius 1 is 1.53 bits per heavy atom. The molecule has 1 aliphatic rings. The average Bonchev–Trinajstić information content (AvgIpc) is 2.15. The maximum absolute atomic E-state index is 11.8. The van der Waals surface area contributed by atoms with Gasteiger partial charge in [-0.2, -0.15) is 0 Å². The predicted octanol–water partition coefficient (Wildman–Crippen LogP) is 0.985. The van der Waals surface area contributed by atoms with E-state index < -0.39 is 5.60 Å². The Kier molecular flexibility index (Phi) is 6.23. The van der Waals surface area contributed by atoms with Crippen LogP contribution in [0.2, 0.25) is 0 Å². The Balaban J connectivity index is 0.00000256. The summed E-state index contributed by atoms with van der Waals surface area (Å²) in [5.74, 6) is -0.0405. The third-order valence-electron chi connectivity index (χ3n) is 2.68. The molecule has 0 saturated carbocycles. The van der Waals surface area contributed by atoms with E-state index in [2.05, 4.69) is 0 Å². The minimum Gasteiger partial charge on any atom is -0.444 e. The van der Waals surface area contributed by atoms with E-state index in [0.29, 0.717) is 19.5 Å². The molecule has 1 aliphatic heterocycles. The molecule has 17 heavy (non-hydrogen) atoms. The maximum Gasteiger partial charge on any atom is 0.410 e. The van der Waals surface area contributed by atoms with Gasteiger partial charge in [0.15, 0.2) is 0 Å². The van der Waals surface area contributed by atoms with Gasteiger partial charge >= 0.3 is 6.09 Å². The first kappa shape index (κ1) is 16.5. The smallest absolute Gasteiger partial charge is 0.410 e. The highest BCUT2D eigenvalue weighted by Gasteiger charge is 2.31. The fraction of sp³-hybridized carbons (Fsp3) is 0.909. The summed E-state index contributed by atoms with van der Waals surface area (Å²) in [4.78, 5) is 13.4. The average molecular weight is 267 g/mol. The highest BCUT2D eigenvalue weighted by Crippen LogP contribution is 2.18. The van der Waals surface area contributed by atoms with Crippen LogP contribution in [0.15, 0.2) is 0 Å². The molecule has 1 amide bonds. The van der Waals surface area contributed by atoms with Crippen LogP contribution in [-0.4, -0.2) is 47.4 Å². The van der Waals surface area contributed by atoms with E-state index in [9.17, 15) is 4.79 Å². The van der Waals surface area contributed by atoms with Crippen molar-refractivity contribution in [2.75, 3.05) is 19.7 Å². The number of carbonyl (C=O) groups excluding carboxylic acids is 1. The van der Waals surface area contributed by atoms with E-state index in [-0.39, 0.29) is 37.1 Å². The molecule has 1 saturated heterocycles. The number of rotatable bonds is 1. The van der Waals surface area contributed by atoms with Crippen LogP contribution in [0, 0.1) is 5.92 Å². The number of nitrogens with two attached hydrogens (primary N) is 1. The fourth-order valence-electron chi connectivity index (χ4n) is 1.74. The van der Waals surface area contributed by atoms with E-state index in [1.54, 1.807) is 4.90 Å².